The van der Waals surface area contributed by atoms with Crippen LogP contribution in [0.5, 0.6) is 0 Å². The number of Topliss-reactive ketones (excluding diaryl/α,β-unsaturated/α-hetero) is 1. The van der Waals surface area contributed by atoms with Crippen LogP contribution in [0.1, 0.15) is 20.8 Å². The lowest BCUT2D eigenvalue weighted by molar-refractivity contribution is -0.114. The van der Waals surface area contributed by atoms with Crippen molar-refractivity contribution in [1.29, 1.82) is 0 Å². The number of hydrogen-bond donors (Lipinski definition) is 1. The molecule has 1 N–H and O–H groups in total. The third-order valence-electron chi connectivity index (χ3n) is 0.0714. The van der Waals surface area contributed by atoms with Gasteiger partial charge in [-0.25, -0.2) is 0 Å². The molecule has 4 heteroatoms. The first-order valence-electron chi connectivity index (χ1n) is 3.26. The highest BCUT2D eigenvalue weighted by atomic mass is 35.5. The Balaban J connectivity index is -0.0000000886. The summed E-state index contributed by atoms with van der Waals surface area (Å²) in [5, 5.41) is 7.57. The molecule has 0 fully saturated rings. The highest BCUT2D eigenvalue weighted by molar-refractivity contribution is 6.25. The molecule has 0 aromatic heterocycles. The maximum Gasteiger partial charge on any atom is 0.126 e. The summed E-state index contributed by atoms with van der Waals surface area (Å²) in [5.74, 6) is 1.28. The molecule has 0 aromatic rings. The first-order chi connectivity index (χ1) is 5.06. The van der Waals surface area contributed by atoms with Crippen LogP contribution in [0.15, 0.2) is 0 Å². The number of rotatable bonds is 1. The zero-order valence-electron chi connectivity index (χ0n) is 7.23. The molecule has 0 aromatic carbocycles. The van der Waals surface area contributed by atoms with Crippen molar-refractivity contribution in [3.05, 3.63) is 0 Å². The molecule has 11 heavy (non-hydrogen) atoms. The molecule has 0 unspecified atom stereocenters. The molecule has 0 radical (unpaired) electrons. The van der Waals surface area contributed by atoms with Crippen molar-refractivity contribution in [2.24, 2.45) is 0 Å². The number of halogens is 2. The van der Waals surface area contributed by atoms with Crippen LogP contribution < -0.4 is 0 Å². The second-order valence-corrected chi connectivity index (χ2v) is 2.36. The summed E-state index contributed by atoms with van der Waals surface area (Å²) in [4.78, 5) is 9.44. The van der Waals surface area contributed by atoms with E-state index in [4.69, 9.17) is 28.3 Å². The molecule has 0 aliphatic carbocycles. The first kappa shape index (κ1) is 17.3. The van der Waals surface area contributed by atoms with Gasteiger partial charge in [-0.15, -0.1) is 23.2 Å². The summed E-state index contributed by atoms with van der Waals surface area (Å²) in [6, 6.07) is 0. The van der Waals surface area contributed by atoms with Crippen LogP contribution in [0.25, 0.3) is 0 Å². The van der Waals surface area contributed by atoms with Gasteiger partial charge < -0.3 is 9.90 Å². The van der Waals surface area contributed by atoms with Gasteiger partial charge in [0.1, 0.15) is 5.78 Å². The number of aliphatic hydroxyl groups excluding tert-OH is 1. The Morgan fingerprint density at radius 2 is 1.36 bits per heavy atom. The van der Waals surface area contributed by atoms with E-state index in [-0.39, 0.29) is 12.4 Å². The van der Waals surface area contributed by atoms with Gasteiger partial charge in [0.2, 0.25) is 0 Å². The Morgan fingerprint density at radius 1 is 1.27 bits per heavy atom. The van der Waals surface area contributed by atoms with Crippen molar-refractivity contribution in [3.8, 4) is 0 Å². The van der Waals surface area contributed by atoms with E-state index in [1.807, 2.05) is 0 Å². The predicted molar refractivity (Wildman–Crippen MR) is 50.6 cm³/mol. The van der Waals surface area contributed by atoms with Crippen LogP contribution in [0.2, 0.25) is 0 Å². The molecule has 0 aliphatic rings. The van der Waals surface area contributed by atoms with Gasteiger partial charge in [-0.05, 0) is 20.8 Å². The molecule has 70 valence electrons. The second kappa shape index (κ2) is 22.5. The third-order valence-corrected chi connectivity index (χ3v) is 0.643. The van der Waals surface area contributed by atoms with Gasteiger partial charge in [0.25, 0.3) is 0 Å². The first-order valence-corrected chi connectivity index (χ1v) is 4.33. The highest BCUT2D eigenvalue weighted by Gasteiger charge is 1.62. The summed E-state index contributed by atoms with van der Waals surface area (Å²) in [5.41, 5.74) is 0. The Labute approximate surface area is 78.5 Å². The molecule has 0 saturated heterocycles. The van der Waals surface area contributed by atoms with Crippen LogP contribution in [-0.2, 0) is 4.79 Å². The van der Waals surface area contributed by atoms with Gasteiger partial charge in [-0.1, -0.05) is 0 Å². The monoisotopic (exact) mass is 202 g/mol. The van der Waals surface area contributed by atoms with Crippen molar-refractivity contribution in [3.63, 3.8) is 0 Å². The van der Waals surface area contributed by atoms with Crippen LogP contribution in [0.4, 0.5) is 0 Å². The van der Waals surface area contributed by atoms with Gasteiger partial charge in [0.05, 0.1) is 0 Å². The second-order valence-electron chi connectivity index (χ2n) is 1.60. The number of alkyl halides is 2. The van der Waals surface area contributed by atoms with Crippen molar-refractivity contribution in [2.75, 3.05) is 18.4 Å². The Morgan fingerprint density at radius 3 is 1.36 bits per heavy atom. The summed E-state index contributed by atoms with van der Waals surface area (Å²) in [6.45, 7) is 4.99. The molecule has 0 aliphatic heterocycles. The van der Waals surface area contributed by atoms with Gasteiger partial charge in [-0.2, -0.15) is 0 Å². The van der Waals surface area contributed by atoms with Gasteiger partial charge in [-0.3, -0.25) is 0 Å². The summed E-state index contributed by atoms with van der Waals surface area (Å²) in [6.07, 6.45) is 0. The fourth-order valence-corrected chi connectivity index (χ4v) is 0. The minimum Gasteiger partial charge on any atom is -0.397 e. The standard InChI is InChI=1S/C3H6O.C2H4Cl2.C2H6O/c1-3(2)4;3-1-2-4;1-2-3/h1-2H3;1-2H2;3H,2H2,1H3. The minimum absolute atomic E-state index is 0.167. The van der Waals surface area contributed by atoms with Crippen molar-refractivity contribution < 1.29 is 9.90 Å². The predicted octanol–water partition coefficient (Wildman–Crippen LogP) is 2.06. The molecule has 0 spiro atoms. The van der Waals surface area contributed by atoms with Crippen LogP contribution in [0.3, 0.4) is 0 Å². The SMILES string of the molecule is CC(C)=O.CCO.ClCCCl. The molecule has 0 rings (SSSR count). The largest absolute Gasteiger partial charge is 0.397 e. The number of ketones is 1. The third kappa shape index (κ3) is 470. The smallest absolute Gasteiger partial charge is 0.126 e. The highest BCUT2D eigenvalue weighted by Crippen LogP contribution is 1.75. The van der Waals surface area contributed by atoms with Crippen molar-refractivity contribution >= 4 is 29.0 Å². The van der Waals surface area contributed by atoms with Gasteiger partial charge >= 0.3 is 0 Å². The lowest BCUT2D eigenvalue weighted by Crippen LogP contribution is -1.69. The van der Waals surface area contributed by atoms with E-state index < -0.39 is 0 Å². The van der Waals surface area contributed by atoms with E-state index in [9.17, 15) is 4.79 Å². The molecule has 0 bridgehead atoms. The summed E-state index contributed by atoms with van der Waals surface area (Å²) < 4.78 is 0. The lowest BCUT2D eigenvalue weighted by Gasteiger charge is -1.63. The molecule has 2 nitrogen and oxygen atoms in total. The maximum atomic E-state index is 9.44. The minimum atomic E-state index is 0.167. The average Bonchev–Trinajstić information content (AvgIpc) is 1.88. The molecule has 0 amide bonds. The summed E-state index contributed by atoms with van der Waals surface area (Å²) >= 11 is 10.1. The number of carbonyl (C=O) groups excluding carboxylic acids is 1. The summed E-state index contributed by atoms with van der Waals surface area (Å²) in [7, 11) is 0. The van der Waals surface area contributed by atoms with Crippen LogP contribution >= 0.6 is 23.2 Å². The number of aliphatic hydroxyl groups is 1. The van der Waals surface area contributed by atoms with Crippen LogP contribution in [-0.4, -0.2) is 29.3 Å². The topological polar surface area (TPSA) is 37.3 Å². The fourth-order valence-electron chi connectivity index (χ4n) is 0. The van der Waals surface area contributed by atoms with E-state index in [0.29, 0.717) is 11.8 Å². The maximum absolute atomic E-state index is 9.44. The van der Waals surface area contributed by atoms with Gasteiger partial charge in [0.15, 0.2) is 0 Å². The Hall–Kier alpha value is 0.210. The van der Waals surface area contributed by atoms with E-state index in [2.05, 4.69) is 0 Å². The van der Waals surface area contributed by atoms with Gasteiger partial charge in [0, 0.05) is 18.4 Å². The Kier molecular flexibility index (Phi) is 35.4. The zero-order chi connectivity index (χ0) is 9.70. The fraction of sp³-hybridized carbons (Fsp3) is 0.857. The Bertz CT molecular complexity index is 61.5. The van der Waals surface area contributed by atoms with E-state index in [1.165, 1.54) is 13.8 Å². The number of carbonyl (C=O) groups is 1. The van der Waals surface area contributed by atoms with E-state index in [1.54, 1.807) is 6.92 Å². The van der Waals surface area contributed by atoms with Crippen molar-refractivity contribution in [1.82, 2.24) is 0 Å². The average molecular weight is 203 g/mol. The van der Waals surface area contributed by atoms with E-state index >= 15 is 0 Å². The molecule has 0 heterocycles. The number of hydrogen-bond acceptors (Lipinski definition) is 2. The molecular formula is C7H16Cl2O2. The molecule has 0 atom stereocenters. The quantitative estimate of drug-likeness (QED) is 0.662. The zero-order valence-corrected chi connectivity index (χ0v) is 8.74. The lowest BCUT2D eigenvalue weighted by atomic mass is 10.6. The molecular weight excluding hydrogens is 187 g/mol. The normalized spacial score (nSPS) is 6.73. The molecule has 0 saturated carbocycles. The van der Waals surface area contributed by atoms with Crippen LogP contribution in [0, 0.1) is 0 Å². The van der Waals surface area contributed by atoms with Crippen molar-refractivity contribution in [2.45, 2.75) is 20.8 Å². The van der Waals surface area contributed by atoms with E-state index in [0.717, 1.165) is 0 Å².